The smallest absolute Gasteiger partial charge is 0.0599 e. The minimum absolute atomic E-state index is 0.515. The van der Waals surface area contributed by atoms with Crippen LogP contribution in [0.2, 0.25) is 0 Å². The summed E-state index contributed by atoms with van der Waals surface area (Å²) in [7, 11) is 0. The quantitative estimate of drug-likeness (QED) is 0.900. The van der Waals surface area contributed by atoms with E-state index in [9.17, 15) is 0 Å². The van der Waals surface area contributed by atoms with Gasteiger partial charge in [0.15, 0.2) is 0 Å². The van der Waals surface area contributed by atoms with Crippen molar-refractivity contribution in [2.45, 2.75) is 44.8 Å². The first-order chi connectivity index (χ1) is 10.4. The molecule has 0 amide bonds. The molecular formula is C18H26N2O. The highest BCUT2D eigenvalue weighted by Gasteiger charge is 2.26. The largest absolute Gasteiger partial charge is 0.384 e. The van der Waals surface area contributed by atoms with Gasteiger partial charge in [-0.1, -0.05) is 18.2 Å². The Hall–Kier alpha value is -1.06. The van der Waals surface area contributed by atoms with Crippen LogP contribution in [0, 0.1) is 5.92 Å². The molecule has 0 atom stereocenters. The summed E-state index contributed by atoms with van der Waals surface area (Å²) in [6.45, 7) is 5.56. The van der Waals surface area contributed by atoms with Crippen molar-refractivity contribution in [3.8, 4) is 0 Å². The van der Waals surface area contributed by atoms with Gasteiger partial charge in [-0.15, -0.1) is 0 Å². The van der Waals surface area contributed by atoms with E-state index in [0.29, 0.717) is 6.10 Å². The Morgan fingerprint density at radius 1 is 1.14 bits per heavy atom. The summed E-state index contributed by atoms with van der Waals surface area (Å²) in [5.74, 6) is 0.890. The average molecular weight is 286 g/mol. The number of fused-ring (bicyclic) bond motifs is 1. The molecule has 114 valence electrons. The second-order valence-corrected chi connectivity index (χ2v) is 6.88. The molecule has 1 saturated carbocycles. The van der Waals surface area contributed by atoms with Crippen molar-refractivity contribution in [2.75, 3.05) is 31.6 Å². The Balaban J connectivity index is 1.29. The van der Waals surface area contributed by atoms with Gasteiger partial charge in [0, 0.05) is 38.5 Å². The fourth-order valence-electron chi connectivity index (χ4n) is 3.57. The van der Waals surface area contributed by atoms with Gasteiger partial charge in [0.05, 0.1) is 6.10 Å². The summed E-state index contributed by atoms with van der Waals surface area (Å²) in [5, 5.41) is 3.56. The van der Waals surface area contributed by atoms with E-state index >= 15 is 0 Å². The third-order valence-corrected chi connectivity index (χ3v) is 5.13. The molecule has 2 heterocycles. The second-order valence-electron chi connectivity index (χ2n) is 6.88. The Kier molecular flexibility index (Phi) is 3.87. The van der Waals surface area contributed by atoms with Crippen LogP contribution in [0.4, 0.5) is 5.69 Å². The molecule has 3 nitrogen and oxygen atoms in total. The SMILES string of the molecule is c1cc2c(c(CN3CCC(OCC4CC4)CC3)c1)NCC2. The van der Waals surface area contributed by atoms with E-state index in [2.05, 4.69) is 28.4 Å². The number of nitrogens with zero attached hydrogens (tertiary/aromatic N) is 1. The van der Waals surface area contributed by atoms with Crippen LogP contribution >= 0.6 is 0 Å². The molecule has 3 heteroatoms. The molecule has 21 heavy (non-hydrogen) atoms. The zero-order chi connectivity index (χ0) is 14.1. The number of ether oxygens (including phenoxy) is 1. The van der Waals surface area contributed by atoms with Gasteiger partial charge in [0.1, 0.15) is 0 Å². The van der Waals surface area contributed by atoms with Crippen LogP contribution in [0.1, 0.15) is 36.8 Å². The predicted molar refractivity (Wildman–Crippen MR) is 85.6 cm³/mol. The Morgan fingerprint density at radius 3 is 2.81 bits per heavy atom. The van der Waals surface area contributed by atoms with E-state index in [1.807, 2.05) is 0 Å². The topological polar surface area (TPSA) is 24.5 Å². The first-order valence-electron chi connectivity index (χ1n) is 8.57. The lowest BCUT2D eigenvalue weighted by Crippen LogP contribution is -2.36. The van der Waals surface area contributed by atoms with E-state index in [1.165, 1.54) is 62.0 Å². The highest BCUT2D eigenvalue weighted by atomic mass is 16.5. The Labute approximate surface area is 127 Å². The maximum Gasteiger partial charge on any atom is 0.0599 e. The van der Waals surface area contributed by atoms with Crippen molar-refractivity contribution in [2.24, 2.45) is 5.92 Å². The average Bonchev–Trinajstić information content (AvgIpc) is 3.22. The van der Waals surface area contributed by atoms with Crippen LogP contribution in [0.5, 0.6) is 0 Å². The Bertz CT molecular complexity index is 490. The van der Waals surface area contributed by atoms with Gasteiger partial charge in [-0.3, -0.25) is 4.90 Å². The maximum absolute atomic E-state index is 6.04. The third kappa shape index (κ3) is 3.24. The molecule has 0 spiro atoms. The maximum atomic E-state index is 6.04. The predicted octanol–water partition coefficient (Wildman–Crippen LogP) is 3.05. The number of hydrogen-bond acceptors (Lipinski definition) is 3. The van der Waals surface area contributed by atoms with Gasteiger partial charge in [-0.2, -0.15) is 0 Å². The molecular weight excluding hydrogens is 260 g/mol. The molecule has 0 unspecified atom stereocenters. The summed E-state index contributed by atoms with van der Waals surface area (Å²) in [5.41, 5.74) is 4.38. The number of para-hydroxylation sites is 1. The third-order valence-electron chi connectivity index (χ3n) is 5.13. The van der Waals surface area contributed by atoms with Crippen LogP contribution in [0.15, 0.2) is 18.2 Å². The molecule has 0 bridgehead atoms. The number of rotatable bonds is 5. The van der Waals surface area contributed by atoms with Crippen LogP contribution in [0.3, 0.4) is 0 Å². The summed E-state index contributed by atoms with van der Waals surface area (Å²) in [6.07, 6.45) is 6.89. The fourth-order valence-corrected chi connectivity index (χ4v) is 3.57. The molecule has 1 aliphatic carbocycles. The molecule has 3 aliphatic rings. The van der Waals surface area contributed by atoms with Gasteiger partial charge >= 0.3 is 0 Å². The van der Waals surface area contributed by atoms with Gasteiger partial charge in [-0.05, 0) is 49.1 Å². The lowest BCUT2D eigenvalue weighted by atomic mass is 10.0. The summed E-state index contributed by atoms with van der Waals surface area (Å²) in [4.78, 5) is 2.59. The number of piperidine rings is 1. The van der Waals surface area contributed by atoms with E-state index in [-0.39, 0.29) is 0 Å². The number of benzene rings is 1. The molecule has 1 saturated heterocycles. The number of anilines is 1. The molecule has 0 aromatic heterocycles. The molecule has 1 N–H and O–H groups in total. The summed E-state index contributed by atoms with van der Waals surface area (Å²) in [6, 6.07) is 6.76. The molecule has 1 aromatic rings. The zero-order valence-electron chi connectivity index (χ0n) is 12.8. The number of hydrogen-bond donors (Lipinski definition) is 1. The highest BCUT2D eigenvalue weighted by Crippen LogP contribution is 2.31. The molecule has 2 fully saturated rings. The van der Waals surface area contributed by atoms with E-state index < -0.39 is 0 Å². The highest BCUT2D eigenvalue weighted by molar-refractivity contribution is 5.61. The monoisotopic (exact) mass is 286 g/mol. The lowest BCUT2D eigenvalue weighted by molar-refractivity contribution is 0.000973. The van der Waals surface area contributed by atoms with Crippen LogP contribution in [0.25, 0.3) is 0 Å². The standard InChI is InChI=1S/C18H26N2O/c1-2-15-6-9-19-18(15)16(3-1)12-20-10-7-17(8-11-20)21-13-14-4-5-14/h1-3,14,17,19H,4-13H2. The fraction of sp³-hybridized carbons (Fsp3) is 0.667. The van der Waals surface area contributed by atoms with Crippen molar-refractivity contribution in [1.29, 1.82) is 0 Å². The van der Waals surface area contributed by atoms with Crippen molar-refractivity contribution in [3.05, 3.63) is 29.3 Å². The van der Waals surface area contributed by atoms with E-state index in [1.54, 1.807) is 0 Å². The zero-order valence-corrected chi connectivity index (χ0v) is 12.8. The lowest BCUT2D eigenvalue weighted by Gasteiger charge is -2.32. The van der Waals surface area contributed by atoms with Crippen LogP contribution in [-0.2, 0) is 17.7 Å². The molecule has 1 aromatic carbocycles. The first kappa shape index (κ1) is 13.6. The second kappa shape index (κ2) is 5.98. The summed E-state index contributed by atoms with van der Waals surface area (Å²) >= 11 is 0. The van der Waals surface area contributed by atoms with Gasteiger partial charge in [-0.25, -0.2) is 0 Å². The molecule has 4 rings (SSSR count). The van der Waals surface area contributed by atoms with Crippen molar-refractivity contribution in [1.82, 2.24) is 4.90 Å². The van der Waals surface area contributed by atoms with Gasteiger partial charge < -0.3 is 10.1 Å². The normalized spacial score (nSPS) is 23.0. The summed E-state index contributed by atoms with van der Waals surface area (Å²) < 4.78 is 6.04. The van der Waals surface area contributed by atoms with E-state index in [0.717, 1.165) is 25.6 Å². The van der Waals surface area contributed by atoms with Crippen molar-refractivity contribution >= 4 is 5.69 Å². The van der Waals surface area contributed by atoms with E-state index in [4.69, 9.17) is 4.74 Å². The first-order valence-corrected chi connectivity index (χ1v) is 8.57. The van der Waals surface area contributed by atoms with Crippen LogP contribution in [-0.4, -0.2) is 37.2 Å². The van der Waals surface area contributed by atoms with Gasteiger partial charge in [0.25, 0.3) is 0 Å². The minimum atomic E-state index is 0.515. The number of likely N-dealkylation sites (tertiary alicyclic amines) is 1. The van der Waals surface area contributed by atoms with Crippen LogP contribution < -0.4 is 5.32 Å². The number of nitrogens with one attached hydrogen (secondary N) is 1. The molecule has 0 radical (unpaired) electrons. The molecule has 2 aliphatic heterocycles. The van der Waals surface area contributed by atoms with Crippen molar-refractivity contribution in [3.63, 3.8) is 0 Å². The Morgan fingerprint density at radius 2 is 2.00 bits per heavy atom. The minimum Gasteiger partial charge on any atom is -0.384 e. The van der Waals surface area contributed by atoms with Gasteiger partial charge in [0.2, 0.25) is 0 Å². The van der Waals surface area contributed by atoms with Crippen molar-refractivity contribution < 1.29 is 4.74 Å².